The number of carbonyl (C=O) groups is 1. The van der Waals surface area contributed by atoms with E-state index in [-0.39, 0.29) is 12.1 Å². The van der Waals surface area contributed by atoms with Crippen LogP contribution in [-0.4, -0.2) is 24.2 Å². The zero-order valence-corrected chi connectivity index (χ0v) is 9.76. The zero-order chi connectivity index (χ0) is 11.7. The number of rotatable bonds is 2. The van der Waals surface area contributed by atoms with Crippen molar-refractivity contribution >= 4 is 5.97 Å². The topological polar surface area (TPSA) is 38.3 Å². The van der Waals surface area contributed by atoms with Crippen LogP contribution in [0.1, 0.15) is 36.0 Å². The second-order valence-electron chi connectivity index (χ2n) is 4.95. The number of hydrogen-bond donors (Lipinski definition) is 1. The van der Waals surface area contributed by atoms with Crippen molar-refractivity contribution < 1.29 is 9.53 Å². The van der Waals surface area contributed by atoms with Crippen molar-refractivity contribution in [2.45, 2.75) is 43.9 Å². The standard InChI is InChI=1S/C14H17NO2/c16-14(10-5-2-1-3-6-10)17-13-9-11-7-4-8-12(13)15-11/h1-3,5-6,11-13,15H,4,7-9H2/t11-,12+,13-/m0/s1. The molecule has 2 bridgehead atoms. The minimum atomic E-state index is -0.190. The maximum Gasteiger partial charge on any atom is 0.338 e. The fourth-order valence-electron chi connectivity index (χ4n) is 2.89. The predicted octanol–water partition coefficient (Wildman–Crippen LogP) is 2.13. The lowest BCUT2D eigenvalue weighted by molar-refractivity contribution is 0.0270. The van der Waals surface area contributed by atoms with Crippen LogP contribution >= 0.6 is 0 Å². The third-order valence-electron chi connectivity index (χ3n) is 3.75. The van der Waals surface area contributed by atoms with Gasteiger partial charge in [0, 0.05) is 18.5 Å². The van der Waals surface area contributed by atoms with Crippen LogP contribution in [0.5, 0.6) is 0 Å². The van der Waals surface area contributed by atoms with Crippen LogP contribution < -0.4 is 5.32 Å². The van der Waals surface area contributed by atoms with E-state index in [2.05, 4.69) is 5.32 Å². The van der Waals surface area contributed by atoms with E-state index >= 15 is 0 Å². The summed E-state index contributed by atoms with van der Waals surface area (Å²) >= 11 is 0. The van der Waals surface area contributed by atoms with Crippen molar-refractivity contribution in [1.29, 1.82) is 0 Å². The van der Waals surface area contributed by atoms with Crippen molar-refractivity contribution in [3.8, 4) is 0 Å². The molecular weight excluding hydrogens is 214 g/mol. The minimum Gasteiger partial charge on any atom is -0.457 e. The summed E-state index contributed by atoms with van der Waals surface area (Å²) in [6.07, 6.45) is 4.64. The summed E-state index contributed by atoms with van der Waals surface area (Å²) in [5.41, 5.74) is 0.647. The number of fused-ring (bicyclic) bond motifs is 2. The zero-order valence-electron chi connectivity index (χ0n) is 9.76. The van der Waals surface area contributed by atoms with E-state index < -0.39 is 0 Å². The molecule has 2 saturated heterocycles. The van der Waals surface area contributed by atoms with Gasteiger partial charge >= 0.3 is 5.97 Å². The molecule has 2 heterocycles. The van der Waals surface area contributed by atoms with Crippen molar-refractivity contribution in [3.63, 3.8) is 0 Å². The van der Waals surface area contributed by atoms with E-state index in [0.29, 0.717) is 17.6 Å². The number of nitrogens with one attached hydrogen (secondary N) is 1. The molecule has 1 aromatic rings. The number of ether oxygens (including phenoxy) is 1. The molecule has 3 nitrogen and oxygen atoms in total. The van der Waals surface area contributed by atoms with Gasteiger partial charge in [0.15, 0.2) is 0 Å². The van der Waals surface area contributed by atoms with Crippen LogP contribution in [0.2, 0.25) is 0 Å². The Kier molecular flexibility index (Phi) is 2.85. The Hall–Kier alpha value is -1.35. The molecule has 2 fully saturated rings. The number of piperidine rings is 1. The number of esters is 1. The molecular formula is C14H17NO2. The van der Waals surface area contributed by atoms with Gasteiger partial charge in [0.2, 0.25) is 0 Å². The number of benzene rings is 1. The van der Waals surface area contributed by atoms with Gasteiger partial charge in [0.1, 0.15) is 6.10 Å². The van der Waals surface area contributed by atoms with E-state index in [0.717, 1.165) is 12.8 Å². The number of hydrogen-bond acceptors (Lipinski definition) is 3. The summed E-state index contributed by atoms with van der Waals surface area (Å²) in [6, 6.07) is 10.2. The highest BCUT2D eigenvalue weighted by Gasteiger charge is 2.38. The molecule has 0 aromatic heterocycles. The van der Waals surface area contributed by atoms with E-state index in [1.165, 1.54) is 12.8 Å². The Morgan fingerprint density at radius 3 is 2.82 bits per heavy atom. The third kappa shape index (κ3) is 2.20. The van der Waals surface area contributed by atoms with Crippen molar-refractivity contribution in [2.24, 2.45) is 0 Å². The summed E-state index contributed by atoms with van der Waals surface area (Å²) in [4.78, 5) is 11.9. The van der Waals surface area contributed by atoms with Gasteiger partial charge in [0.05, 0.1) is 5.56 Å². The quantitative estimate of drug-likeness (QED) is 0.792. The molecule has 0 amide bonds. The SMILES string of the molecule is O=C(O[C@H]1C[C@@H]2CCC[C@H]1N2)c1ccccc1. The molecule has 0 spiro atoms. The maximum atomic E-state index is 11.9. The summed E-state index contributed by atoms with van der Waals surface area (Å²) in [6.45, 7) is 0. The van der Waals surface area contributed by atoms with Gasteiger partial charge in [-0.2, -0.15) is 0 Å². The third-order valence-corrected chi connectivity index (χ3v) is 3.75. The van der Waals surface area contributed by atoms with Crippen LogP contribution in [0.25, 0.3) is 0 Å². The van der Waals surface area contributed by atoms with Gasteiger partial charge in [0.25, 0.3) is 0 Å². The van der Waals surface area contributed by atoms with E-state index in [1.807, 2.05) is 18.2 Å². The monoisotopic (exact) mass is 231 g/mol. The molecule has 1 aromatic carbocycles. The van der Waals surface area contributed by atoms with Crippen LogP contribution in [0.4, 0.5) is 0 Å². The molecule has 2 aliphatic rings. The Labute approximate surface area is 101 Å². The molecule has 1 N–H and O–H groups in total. The first-order valence-electron chi connectivity index (χ1n) is 6.35. The van der Waals surface area contributed by atoms with Crippen LogP contribution in [0.3, 0.4) is 0 Å². The van der Waals surface area contributed by atoms with Crippen LogP contribution in [0, 0.1) is 0 Å². The fourth-order valence-corrected chi connectivity index (χ4v) is 2.89. The van der Waals surface area contributed by atoms with Gasteiger partial charge in [-0.1, -0.05) is 24.6 Å². The smallest absolute Gasteiger partial charge is 0.338 e. The fraction of sp³-hybridized carbons (Fsp3) is 0.500. The van der Waals surface area contributed by atoms with Gasteiger partial charge in [-0.05, 0) is 25.0 Å². The highest BCUT2D eigenvalue weighted by atomic mass is 16.5. The van der Waals surface area contributed by atoms with Crippen molar-refractivity contribution in [1.82, 2.24) is 5.32 Å². The summed E-state index contributed by atoms with van der Waals surface area (Å²) in [5, 5.41) is 3.52. The van der Waals surface area contributed by atoms with E-state index in [4.69, 9.17) is 4.74 Å². The Morgan fingerprint density at radius 1 is 1.24 bits per heavy atom. The first kappa shape index (κ1) is 10.8. The Balaban J connectivity index is 1.66. The van der Waals surface area contributed by atoms with Crippen LogP contribution in [0.15, 0.2) is 30.3 Å². The lowest BCUT2D eigenvalue weighted by Crippen LogP contribution is -2.38. The van der Waals surface area contributed by atoms with Gasteiger partial charge in [-0.25, -0.2) is 4.79 Å². The van der Waals surface area contributed by atoms with Crippen molar-refractivity contribution in [3.05, 3.63) is 35.9 Å². The molecule has 0 aliphatic carbocycles. The first-order valence-corrected chi connectivity index (χ1v) is 6.35. The van der Waals surface area contributed by atoms with Gasteiger partial charge < -0.3 is 10.1 Å². The summed E-state index contributed by atoms with van der Waals surface area (Å²) < 4.78 is 5.61. The summed E-state index contributed by atoms with van der Waals surface area (Å²) in [5.74, 6) is -0.190. The molecule has 17 heavy (non-hydrogen) atoms. The van der Waals surface area contributed by atoms with Gasteiger partial charge in [-0.3, -0.25) is 0 Å². The molecule has 0 unspecified atom stereocenters. The Bertz CT molecular complexity index is 404. The summed E-state index contributed by atoms with van der Waals surface area (Å²) in [7, 11) is 0. The molecule has 0 radical (unpaired) electrons. The molecule has 3 rings (SSSR count). The predicted molar refractivity (Wildman–Crippen MR) is 64.8 cm³/mol. The Morgan fingerprint density at radius 2 is 2.06 bits per heavy atom. The van der Waals surface area contributed by atoms with E-state index in [1.54, 1.807) is 12.1 Å². The average molecular weight is 231 g/mol. The normalized spacial score (nSPS) is 31.2. The largest absolute Gasteiger partial charge is 0.457 e. The van der Waals surface area contributed by atoms with Gasteiger partial charge in [-0.15, -0.1) is 0 Å². The molecule has 0 saturated carbocycles. The highest BCUT2D eigenvalue weighted by molar-refractivity contribution is 5.89. The highest BCUT2D eigenvalue weighted by Crippen LogP contribution is 2.29. The molecule has 3 heteroatoms. The maximum absolute atomic E-state index is 11.9. The molecule has 3 atom stereocenters. The lowest BCUT2D eigenvalue weighted by atomic mass is 10.1. The van der Waals surface area contributed by atoms with E-state index in [9.17, 15) is 4.79 Å². The molecule has 90 valence electrons. The molecule has 2 aliphatic heterocycles. The van der Waals surface area contributed by atoms with Crippen molar-refractivity contribution in [2.75, 3.05) is 0 Å². The first-order chi connectivity index (χ1) is 8.33. The number of carbonyl (C=O) groups excluding carboxylic acids is 1. The lowest BCUT2D eigenvalue weighted by Gasteiger charge is -2.22. The second kappa shape index (κ2) is 4.49. The van der Waals surface area contributed by atoms with Crippen LogP contribution in [-0.2, 0) is 4.74 Å². The minimum absolute atomic E-state index is 0.0650. The second-order valence-corrected chi connectivity index (χ2v) is 4.95. The average Bonchev–Trinajstić information content (AvgIpc) is 2.65.